The van der Waals surface area contributed by atoms with Crippen LogP contribution < -0.4 is 11.1 Å². The maximum Gasteiger partial charge on any atom is 0.389 e. The number of benzene rings is 1. The Kier molecular flexibility index (Phi) is 4.89. The van der Waals surface area contributed by atoms with Crippen molar-refractivity contribution in [2.24, 2.45) is 0 Å². The highest BCUT2D eigenvalue weighted by molar-refractivity contribution is 6.00. The number of rotatable bonds is 5. The maximum absolute atomic E-state index is 11.9. The lowest BCUT2D eigenvalue weighted by atomic mass is 10.1. The molecule has 9 heteroatoms. The third-order valence-electron chi connectivity index (χ3n) is 2.45. The minimum atomic E-state index is -4.28. The molecule has 1 rings (SSSR count). The number of nitro groups is 1. The van der Waals surface area contributed by atoms with Crippen LogP contribution in [-0.2, 0) is 0 Å². The molecule has 20 heavy (non-hydrogen) atoms. The first-order chi connectivity index (χ1) is 9.22. The molecule has 0 fully saturated rings. The van der Waals surface area contributed by atoms with Gasteiger partial charge in [0.25, 0.3) is 11.6 Å². The van der Waals surface area contributed by atoms with Gasteiger partial charge in [0, 0.05) is 19.0 Å². The van der Waals surface area contributed by atoms with Crippen molar-refractivity contribution < 1.29 is 22.9 Å². The Labute approximate surface area is 111 Å². The van der Waals surface area contributed by atoms with Gasteiger partial charge in [-0.15, -0.1) is 0 Å². The molecule has 1 amide bonds. The highest BCUT2D eigenvalue weighted by atomic mass is 19.4. The second-order valence-electron chi connectivity index (χ2n) is 3.97. The number of amides is 1. The molecule has 1 aromatic rings. The third kappa shape index (κ3) is 4.41. The Morgan fingerprint density at radius 2 is 2.05 bits per heavy atom. The van der Waals surface area contributed by atoms with Crippen molar-refractivity contribution >= 4 is 17.3 Å². The number of halogens is 3. The first kappa shape index (κ1) is 15.7. The molecule has 0 aromatic heterocycles. The third-order valence-corrected chi connectivity index (χ3v) is 2.45. The summed E-state index contributed by atoms with van der Waals surface area (Å²) in [6.45, 7) is -0.194. The molecule has 0 atom stereocenters. The van der Waals surface area contributed by atoms with E-state index in [1.165, 1.54) is 12.1 Å². The van der Waals surface area contributed by atoms with Crippen molar-refractivity contribution in [3.05, 3.63) is 33.9 Å². The molecule has 0 saturated heterocycles. The number of nitro benzene ring substituents is 1. The van der Waals surface area contributed by atoms with Crippen molar-refractivity contribution in [3.63, 3.8) is 0 Å². The van der Waals surface area contributed by atoms with Gasteiger partial charge in [0.05, 0.1) is 10.5 Å². The zero-order valence-electron chi connectivity index (χ0n) is 10.2. The van der Waals surface area contributed by atoms with Gasteiger partial charge in [-0.25, -0.2) is 0 Å². The van der Waals surface area contributed by atoms with E-state index < -0.39 is 29.1 Å². The van der Waals surface area contributed by atoms with Crippen LogP contribution in [0.5, 0.6) is 0 Å². The number of hydrogen-bond acceptors (Lipinski definition) is 4. The quantitative estimate of drug-likeness (QED) is 0.376. The van der Waals surface area contributed by atoms with Crippen LogP contribution in [0.3, 0.4) is 0 Å². The van der Waals surface area contributed by atoms with Crippen LogP contribution in [0.2, 0.25) is 0 Å². The first-order valence-corrected chi connectivity index (χ1v) is 5.60. The van der Waals surface area contributed by atoms with Crippen LogP contribution in [-0.4, -0.2) is 23.6 Å². The van der Waals surface area contributed by atoms with Crippen molar-refractivity contribution in [3.8, 4) is 0 Å². The molecule has 0 aliphatic heterocycles. The highest BCUT2D eigenvalue weighted by Crippen LogP contribution is 2.25. The Morgan fingerprint density at radius 3 is 2.60 bits per heavy atom. The highest BCUT2D eigenvalue weighted by Gasteiger charge is 2.26. The number of nitrogens with zero attached hydrogens (tertiary/aromatic N) is 1. The number of hydrogen-bond donors (Lipinski definition) is 2. The zero-order chi connectivity index (χ0) is 15.3. The number of nitrogens with two attached hydrogens (primary N) is 1. The SMILES string of the molecule is Nc1c(C(=O)NCCCC(F)(F)F)cccc1[N+](=O)[O-]. The van der Waals surface area contributed by atoms with E-state index in [0.717, 1.165) is 6.07 Å². The summed E-state index contributed by atoms with van der Waals surface area (Å²) in [5, 5.41) is 12.9. The summed E-state index contributed by atoms with van der Waals surface area (Å²) in [7, 11) is 0. The summed E-state index contributed by atoms with van der Waals surface area (Å²) in [6, 6.07) is 3.68. The van der Waals surface area contributed by atoms with Gasteiger partial charge in [-0.2, -0.15) is 13.2 Å². The Morgan fingerprint density at radius 1 is 1.40 bits per heavy atom. The zero-order valence-corrected chi connectivity index (χ0v) is 10.2. The number of nitrogens with one attached hydrogen (secondary N) is 1. The van der Waals surface area contributed by atoms with Gasteiger partial charge in [0.2, 0.25) is 0 Å². The summed E-state index contributed by atoms with van der Waals surface area (Å²) < 4.78 is 35.7. The minimum Gasteiger partial charge on any atom is -0.393 e. The number of para-hydroxylation sites is 1. The molecular weight excluding hydrogens is 279 g/mol. The van der Waals surface area contributed by atoms with E-state index in [9.17, 15) is 28.1 Å². The number of anilines is 1. The molecule has 0 bridgehead atoms. The number of carbonyl (C=O) groups excluding carboxylic acids is 1. The Balaban J connectivity index is 2.65. The van der Waals surface area contributed by atoms with Crippen LogP contribution in [0.15, 0.2) is 18.2 Å². The molecule has 0 aliphatic rings. The molecule has 0 spiro atoms. The van der Waals surface area contributed by atoms with E-state index in [2.05, 4.69) is 5.32 Å². The van der Waals surface area contributed by atoms with Crippen molar-refractivity contribution in [1.29, 1.82) is 0 Å². The van der Waals surface area contributed by atoms with Crippen LogP contribution in [0.1, 0.15) is 23.2 Å². The number of carbonyl (C=O) groups is 1. The predicted octanol–water partition coefficient (Wildman–Crippen LogP) is 2.25. The summed E-state index contributed by atoms with van der Waals surface area (Å²) in [5.74, 6) is -0.742. The summed E-state index contributed by atoms with van der Waals surface area (Å²) in [6.07, 6.45) is -5.57. The summed E-state index contributed by atoms with van der Waals surface area (Å²) >= 11 is 0. The van der Waals surface area contributed by atoms with Crippen LogP contribution in [0.4, 0.5) is 24.5 Å². The van der Waals surface area contributed by atoms with E-state index in [0.29, 0.717) is 0 Å². The summed E-state index contributed by atoms with van der Waals surface area (Å²) in [5.41, 5.74) is 4.61. The van der Waals surface area contributed by atoms with Crippen LogP contribution in [0.25, 0.3) is 0 Å². The largest absolute Gasteiger partial charge is 0.393 e. The van der Waals surface area contributed by atoms with E-state index in [1.807, 2.05) is 0 Å². The lowest BCUT2D eigenvalue weighted by molar-refractivity contribution is -0.383. The first-order valence-electron chi connectivity index (χ1n) is 5.60. The number of nitrogen functional groups attached to an aromatic ring is 1. The fourth-order valence-electron chi connectivity index (χ4n) is 1.50. The molecular formula is C11H12F3N3O3. The van der Waals surface area contributed by atoms with Gasteiger partial charge < -0.3 is 11.1 Å². The van der Waals surface area contributed by atoms with Gasteiger partial charge in [-0.1, -0.05) is 6.07 Å². The van der Waals surface area contributed by atoms with E-state index in [1.54, 1.807) is 0 Å². The standard InChI is InChI=1S/C11H12F3N3O3/c12-11(13,14)5-2-6-16-10(18)7-3-1-4-8(9(7)15)17(19)20/h1,3-4H,2,5-6,15H2,(H,16,18). The van der Waals surface area contributed by atoms with E-state index >= 15 is 0 Å². The van der Waals surface area contributed by atoms with Gasteiger partial charge in [0.15, 0.2) is 0 Å². The van der Waals surface area contributed by atoms with Gasteiger partial charge in [0.1, 0.15) is 5.69 Å². The van der Waals surface area contributed by atoms with Gasteiger partial charge >= 0.3 is 6.18 Å². The average Bonchev–Trinajstić information content (AvgIpc) is 2.33. The van der Waals surface area contributed by atoms with Crippen molar-refractivity contribution in [2.75, 3.05) is 12.3 Å². The predicted molar refractivity (Wildman–Crippen MR) is 65.1 cm³/mol. The fraction of sp³-hybridized carbons (Fsp3) is 0.364. The molecule has 0 saturated carbocycles. The second-order valence-corrected chi connectivity index (χ2v) is 3.97. The maximum atomic E-state index is 11.9. The molecule has 0 radical (unpaired) electrons. The Bertz CT molecular complexity index is 517. The fourth-order valence-corrected chi connectivity index (χ4v) is 1.50. The summed E-state index contributed by atoms with van der Waals surface area (Å²) in [4.78, 5) is 21.6. The Hall–Kier alpha value is -2.32. The normalized spacial score (nSPS) is 11.2. The lowest BCUT2D eigenvalue weighted by Gasteiger charge is -2.09. The molecule has 0 heterocycles. The molecule has 110 valence electrons. The molecule has 0 aliphatic carbocycles. The smallest absolute Gasteiger partial charge is 0.389 e. The van der Waals surface area contributed by atoms with Crippen LogP contribution >= 0.6 is 0 Å². The number of alkyl halides is 3. The van der Waals surface area contributed by atoms with Gasteiger partial charge in [-0.05, 0) is 12.5 Å². The topological polar surface area (TPSA) is 98.3 Å². The van der Waals surface area contributed by atoms with Crippen LogP contribution in [0, 0.1) is 10.1 Å². The van der Waals surface area contributed by atoms with Crippen molar-refractivity contribution in [1.82, 2.24) is 5.32 Å². The lowest BCUT2D eigenvalue weighted by Crippen LogP contribution is -2.26. The molecule has 1 aromatic carbocycles. The molecule has 0 unspecified atom stereocenters. The van der Waals surface area contributed by atoms with E-state index in [-0.39, 0.29) is 24.2 Å². The van der Waals surface area contributed by atoms with Crippen molar-refractivity contribution in [2.45, 2.75) is 19.0 Å². The average molecular weight is 291 g/mol. The van der Waals surface area contributed by atoms with Gasteiger partial charge in [-0.3, -0.25) is 14.9 Å². The minimum absolute atomic E-state index is 0.133. The molecule has 3 N–H and O–H groups in total. The van der Waals surface area contributed by atoms with E-state index in [4.69, 9.17) is 5.73 Å². The monoisotopic (exact) mass is 291 g/mol. The molecule has 6 nitrogen and oxygen atoms in total. The second kappa shape index (κ2) is 6.22.